The van der Waals surface area contributed by atoms with E-state index in [2.05, 4.69) is 27.8 Å². The molecule has 0 bridgehead atoms. The van der Waals surface area contributed by atoms with Crippen molar-refractivity contribution in [1.82, 2.24) is 14.8 Å². The van der Waals surface area contributed by atoms with Crippen molar-refractivity contribution in [2.45, 2.75) is 31.3 Å². The van der Waals surface area contributed by atoms with Gasteiger partial charge in [-0.25, -0.2) is 4.39 Å². The lowest BCUT2D eigenvalue weighted by Crippen LogP contribution is -2.15. The van der Waals surface area contributed by atoms with Gasteiger partial charge in [0, 0.05) is 31.3 Å². The first-order valence-corrected chi connectivity index (χ1v) is 10.9. The monoisotopic (exact) mass is 441 g/mol. The molecule has 9 heteroatoms. The summed E-state index contributed by atoms with van der Waals surface area (Å²) < 4.78 is 14.7. The molecule has 1 heterocycles. The van der Waals surface area contributed by atoms with Crippen LogP contribution in [-0.2, 0) is 29.5 Å². The summed E-state index contributed by atoms with van der Waals surface area (Å²) in [6, 6.07) is 13.4. The maximum Gasteiger partial charge on any atom is 0.234 e. The van der Waals surface area contributed by atoms with Crippen molar-refractivity contribution < 1.29 is 14.0 Å². The molecular weight excluding hydrogens is 417 g/mol. The molecule has 0 aliphatic rings. The Morgan fingerprint density at radius 2 is 1.58 bits per heavy atom. The summed E-state index contributed by atoms with van der Waals surface area (Å²) in [7, 11) is 1.80. The van der Waals surface area contributed by atoms with Gasteiger partial charge in [-0.15, -0.1) is 10.2 Å². The van der Waals surface area contributed by atoms with Gasteiger partial charge in [-0.2, -0.15) is 0 Å². The number of halogens is 1. The molecule has 1 aromatic heterocycles. The third kappa shape index (κ3) is 6.65. The number of rotatable bonds is 9. The van der Waals surface area contributed by atoms with Crippen LogP contribution in [0, 0.1) is 5.82 Å². The van der Waals surface area contributed by atoms with E-state index in [4.69, 9.17) is 0 Å². The van der Waals surface area contributed by atoms with E-state index in [0.717, 1.165) is 12.1 Å². The van der Waals surface area contributed by atoms with Crippen LogP contribution in [0.3, 0.4) is 0 Å². The molecule has 0 spiro atoms. The fourth-order valence-corrected chi connectivity index (χ4v) is 3.55. The van der Waals surface area contributed by atoms with E-state index in [9.17, 15) is 14.0 Å². The third-order valence-corrected chi connectivity index (χ3v) is 5.63. The molecule has 0 unspecified atom stereocenters. The zero-order valence-electron chi connectivity index (χ0n) is 17.4. The van der Waals surface area contributed by atoms with Gasteiger partial charge in [-0.1, -0.05) is 30.8 Å². The Labute approximate surface area is 184 Å². The average molecular weight is 442 g/mol. The van der Waals surface area contributed by atoms with E-state index in [1.54, 1.807) is 11.6 Å². The van der Waals surface area contributed by atoms with E-state index in [1.807, 2.05) is 24.3 Å². The van der Waals surface area contributed by atoms with Crippen molar-refractivity contribution in [3.8, 4) is 0 Å². The highest BCUT2D eigenvalue weighted by atomic mass is 32.2. The molecule has 3 rings (SSSR count). The van der Waals surface area contributed by atoms with E-state index >= 15 is 0 Å². The molecule has 0 aliphatic heterocycles. The minimum Gasteiger partial charge on any atom is -0.326 e. The number of anilines is 2. The molecule has 0 radical (unpaired) electrons. The second-order valence-corrected chi connectivity index (χ2v) is 7.84. The van der Waals surface area contributed by atoms with E-state index < -0.39 is 0 Å². The zero-order chi connectivity index (χ0) is 22.2. The van der Waals surface area contributed by atoms with Gasteiger partial charge in [0.25, 0.3) is 0 Å². The highest BCUT2D eigenvalue weighted by molar-refractivity contribution is 7.99. The molecule has 0 saturated carbocycles. The number of thioether (sulfide) groups is 1. The van der Waals surface area contributed by atoms with Gasteiger partial charge in [-0.3, -0.25) is 9.59 Å². The number of benzene rings is 2. The van der Waals surface area contributed by atoms with Crippen LogP contribution in [0.2, 0.25) is 0 Å². The number of hydrogen-bond acceptors (Lipinski definition) is 5. The van der Waals surface area contributed by atoms with Gasteiger partial charge >= 0.3 is 0 Å². The van der Waals surface area contributed by atoms with Crippen LogP contribution >= 0.6 is 11.8 Å². The molecule has 2 aromatic carbocycles. The number of hydrogen-bond donors (Lipinski definition) is 2. The molecule has 0 atom stereocenters. The van der Waals surface area contributed by atoms with Crippen LogP contribution in [0.4, 0.5) is 15.8 Å². The number of carbonyl (C=O) groups excluding carboxylic acids is 2. The molecule has 0 saturated heterocycles. The predicted octanol–water partition coefficient (Wildman–Crippen LogP) is 3.82. The van der Waals surface area contributed by atoms with Crippen LogP contribution < -0.4 is 10.6 Å². The Kier molecular flexibility index (Phi) is 7.77. The van der Waals surface area contributed by atoms with Crippen LogP contribution in [-0.4, -0.2) is 32.3 Å². The Morgan fingerprint density at radius 1 is 0.968 bits per heavy atom. The van der Waals surface area contributed by atoms with Gasteiger partial charge in [0.05, 0.1) is 5.75 Å². The van der Waals surface area contributed by atoms with Crippen LogP contribution in [0.5, 0.6) is 0 Å². The summed E-state index contributed by atoms with van der Waals surface area (Å²) in [6.45, 7) is 2.08. The van der Waals surface area contributed by atoms with Crippen molar-refractivity contribution in [3.63, 3.8) is 0 Å². The summed E-state index contributed by atoms with van der Waals surface area (Å²) in [5.74, 6) is 0.166. The molecule has 2 amide bonds. The average Bonchev–Trinajstić information content (AvgIpc) is 3.12. The highest BCUT2D eigenvalue weighted by Crippen LogP contribution is 2.18. The van der Waals surface area contributed by atoms with Crippen molar-refractivity contribution in [2.24, 2.45) is 7.05 Å². The first-order valence-electron chi connectivity index (χ1n) is 9.90. The standard InChI is InChI=1S/C22H24FN5O2S/c1-3-15-4-8-17(9-5-15)25-21(30)14-31-22-27-26-19(28(22)2)12-13-20(29)24-18-10-6-16(23)7-11-18/h4-11H,3,12-14H2,1-2H3,(H,24,29)(H,25,30). The summed E-state index contributed by atoms with van der Waals surface area (Å²) in [4.78, 5) is 24.3. The lowest BCUT2D eigenvalue weighted by atomic mass is 10.1. The fourth-order valence-electron chi connectivity index (χ4n) is 2.82. The van der Waals surface area contributed by atoms with E-state index in [-0.39, 0.29) is 29.8 Å². The molecule has 162 valence electrons. The summed E-state index contributed by atoms with van der Waals surface area (Å²) >= 11 is 1.28. The second-order valence-electron chi connectivity index (χ2n) is 6.90. The lowest BCUT2D eigenvalue weighted by Gasteiger charge is -2.07. The van der Waals surface area contributed by atoms with Gasteiger partial charge < -0.3 is 15.2 Å². The Balaban J connectivity index is 1.46. The van der Waals surface area contributed by atoms with Gasteiger partial charge in [-0.05, 0) is 48.4 Å². The Hall–Kier alpha value is -3.20. The van der Waals surface area contributed by atoms with Crippen LogP contribution in [0.15, 0.2) is 53.7 Å². The maximum atomic E-state index is 12.9. The largest absolute Gasteiger partial charge is 0.326 e. The van der Waals surface area contributed by atoms with Crippen molar-refractivity contribution in [2.75, 3.05) is 16.4 Å². The molecule has 3 aromatic rings. The highest BCUT2D eigenvalue weighted by Gasteiger charge is 2.13. The second kappa shape index (κ2) is 10.7. The first kappa shape index (κ1) is 22.5. The number of carbonyl (C=O) groups is 2. The van der Waals surface area contributed by atoms with Crippen molar-refractivity contribution in [3.05, 3.63) is 65.7 Å². The fraction of sp³-hybridized carbons (Fsp3) is 0.273. The minimum atomic E-state index is -0.356. The number of aryl methyl sites for hydroxylation is 2. The number of amides is 2. The van der Waals surface area contributed by atoms with Gasteiger partial charge in [0.1, 0.15) is 11.6 Å². The van der Waals surface area contributed by atoms with Crippen molar-refractivity contribution >= 4 is 35.0 Å². The summed E-state index contributed by atoms with van der Waals surface area (Å²) in [5.41, 5.74) is 2.51. The molecular formula is C22H24FN5O2S. The molecule has 31 heavy (non-hydrogen) atoms. The predicted molar refractivity (Wildman–Crippen MR) is 120 cm³/mol. The molecule has 2 N–H and O–H groups in total. The minimum absolute atomic E-state index is 0.127. The van der Waals surface area contributed by atoms with Crippen molar-refractivity contribution in [1.29, 1.82) is 0 Å². The molecule has 0 fully saturated rings. The summed E-state index contributed by atoms with van der Waals surface area (Å²) in [6.07, 6.45) is 1.56. The maximum absolute atomic E-state index is 12.9. The lowest BCUT2D eigenvalue weighted by molar-refractivity contribution is -0.116. The number of nitrogens with zero attached hydrogens (tertiary/aromatic N) is 3. The summed E-state index contributed by atoms with van der Waals surface area (Å²) in [5, 5.41) is 14.4. The van der Waals surface area contributed by atoms with E-state index in [1.165, 1.54) is 41.6 Å². The van der Waals surface area contributed by atoms with Gasteiger partial charge in [0.15, 0.2) is 5.16 Å². The Bertz CT molecular complexity index is 1040. The Morgan fingerprint density at radius 3 is 2.23 bits per heavy atom. The van der Waals surface area contributed by atoms with E-state index in [0.29, 0.717) is 23.1 Å². The third-order valence-electron chi connectivity index (χ3n) is 4.61. The molecule has 0 aliphatic carbocycles. The smallest absolute Gasteiger partial charge is 0.234 e. The van der Waals surface area contributed by atoms with Gasteiger partial charge in [0.2, 0.25) is 11.8 Å². The number of aromatic nitrogens is 3. The zero-order valence-corrected chi connectivity index (χ0v) is 18.2. The normalized spacial score (nSPS) is 10.7. The quantitative estimate of drug-likeness (QED) is 0.493. The topological polar surface area (TPSA) is 88.9 Å². The molecule has 7 nitrogen and oxygen atoms in total. The SMILES string of the molecule is CCc1ccc(NC(=O)CSc2nnc(CCC(=O)Nc3ccc(F)cc3)n2C)cc1. The van der Waals surface area contributed by atoms with Crippen LogP contribution in [0.1, 0.15) is 24.7 Å². The van der Waals surface area contributed by atoms with Crippen LogP contribution in [0.25, 0.3) is 0 Å². The first-order chi connectivity index (χ1) is 14.9. The number of nitrogens with one attached hydrogen (secondary N) is 2.